The van der Waals surface area contributed by atoms with Gasteiger partial charge in [0.15, 0.2) is 0 Å². The van der Waals surface area contributed by atoms with E-state index in [1.807, 2.05) is 24.3 Å². The number of nitrogens with zero attached hydrogens (tertiary/aromatic N) is 2. The second-order valence-corrected chi connectivity index (χ2v) is 5.78. The second kappa shape index (κ2) is 7.74. The molecule has 1 aromatic heterocycles. The number of amides is 1. The first-order valence-electron chi connectivity index (χ1n) is 8.32. The van der Waals surface area contributed by atoms with Gasteiger partial charge in [0.05, 0.1) is 0 Å². The minimum Gasteiger partial charge on any atom is -0.340 e. The van der Waals surface area contributed by atoms with Gasteiger partial charge in [-0.05, 0) is 49.2 Å². The molecule has 0 bridgehead atoms. The molecule has 0 aliphatic carbocycles. The molecule has 3 rings (SSSR count). The molecule has 0 aliphatic rings. The molecule has 0 fully saturated rings. The Bertz CT molecular complexity index is 925. The SMILES string of the molecule is CCc1ccccc1Nc1cc(C(=O)Nc2ccc(F)cc2)nc(C)n1. The van der Waals surface area contributed by atoms with Gasteiger partial charge < -0.3 is 10.6 Å². The number of anilines is 3. The van der Waals surface area contributed by atoms with Crippen LogP contribution in [0.5, 0.6) is 0 Å². The first-order chi connectivity index (χ1) is 12.5. The van der Waals surface area contributed by atoms with Crippen LogP contribution in [0.3, 0.4) is 0 Å². The predicted molar refractivity (Wildman–Crippen MR) is 100 cm³/mol. The molecule has 0 atom stereocenters. The number of nitrogens with one attached hydrogen (secondary N) is 2. The highest BCUT2D eigenvalue weighted by Gasteiger charge is 2.12. The Balaban J connectivity index is 1.82. The molecule has 1 amide bonds. The highest BCUT2D eigenvalue weighted by Crippen LogP contribution is 2.21. The maximum Gasteiger partial charge on any atom is 0.274 e. The van der Waals surface area contributed by atoms with Gasteiger partial charge in [-0.25, -0.2) is 14.4 Å². The molecule has 6 heteroatoms. The van der Waals surface area contributed by atoms with Crippen molar-refractivity contribution < 1.29 is 9.18 Å². The Morgan fingerprint density at radius 1 is 1.08 bits per heavy atom. The molecular weight excluding hydrogens is 331 g/mol. The molecule has 5 nitrogen and oxygen atoms in total. The zero-order chi connectivity index (χ0) is 18.5. The van der Waals surface area contributed by atoms with E-state index in [2.05, 4.69) is 27.5 Å². The van der Waals surface area contributed by atoms with E-state index in [9.17, 15) is 9.18 Å². The summed E-state index contributed by atoms with van der Waals surface area (Å²) in [5, 5.41) is 5.95. The molecule has 2 N–H and O–H groups in total. The molecule has 0 saturated carbocycles. The van der Waals surface area contributed by atoms with Crippen molar-refractivity contribution >= 4 is 23.1 Å². The zero-order valence-electron chi connectivity index (χ0n) is 14.6. The van der Waals surface area contributed by atoms with Crippen LogP contribution in [0, 0.1) is 12.7 Å². The smallest absolute Gasteiger partial charge is 0.274 e. The van der Waals surface area contributed by atoms with E-state index in [1.54, 1.807) is 13.0 Å². The Labute approximate surface area is 151 Å². The number of carbonyl (C=O) groups excluding carboxylic acids is 1. The predicted octanol–water partition coefficient (Wildman–Crippen LogP) is 4.48. The molecule has 0 radical (unpaired) electrons. The van der Waals surface area contributed by atoms with Gasteiger partial charge in [-0.15, -0.1) is 0 Å². The van der Waals surface area contributed by atoms with E-state index >= 15 is 0 Å². The zero-order valence-corrected chi connectivity index (χ0v) is 14.6. The van der Waals surface area contributed by atoms with Gasteiger partial charge in [-0.1, -0.05) is 25.1 Å². The number of halogens is 1. The fraction of sp³-hybridized carbons (Fsp3) is 0.150. The molecule has 0 saturated heterocycles. The highest BCUT2D eigenvalue weighted by atomic mass is 19.1. The van der Waals surface area contributed by atoms with Gasteiger partial charge in [-0.2, -0.15) is 0 Å². The van der Waals surface area contributed by atoms with E-state index in [1.165, 1.54) is 24.3 Å². The lowest BCUT2D eigenvalue weighted by Gasteiger charge is -2.12. The molecule has 0 unspecified atom stereocenters. The molecular formula is C20H19FN4O. The number of para-hydroxylation sites is 1. The minimum atomic E-state index is -0.381. The lowest BCUT2D eigenvalue weighted by atomic mass is 10.1. The van der Waals surface area contributed by atoms with Crippen molar-refractivity contribution in [3.8, 4) is 0 Å². The van der Waals surface area contributed by atoms with Crippen LogP contribution in [0.4, 0.5) is 21.6 Å². The van der Waals surface area contributed by atoms with E-state index in [0.717, 1.165) is 17.7 Å². The van der Waals surface area contributed by atoms with Gasteiger partial charge in [0.25, 0.3) is 5.91 Å². The summed E-state index contributed by atoms with van der Waals surface area (Å²) in [5.41, 5.74) is 2.83. The van der Waals surface area contributed by atoms with E-state index in [0.29, 0.717) is 17.3 Å². The summed E-state index contributed by atoms with van der Waals surface area (Å²) in [5.74, 6) is 0.284. The third-order valence-corrected chi connectivity index (χ3v) is 3.83. The van der Waals surface area contributed by atoms with Crippen LogP contribution in [-0.4, -0.2) is 15.9 Å². The molecule has 132 valence electrons. The van der Waals surface area contributed by atoms with Gasteiger partial charge in [0.1, 0.15) is 23.2 Å². The number of hydrogen-bond donors (Lipinski definition) is 2. The standard InChI is InChI=1S/C20H19FN4O/c1-3-14-6-4-5-7-17(14)25-19-12-18(22-13(2)23-19)20(26)24-16-10-8-15(21)9-11-16/h4-12H,3H2,1-2H3,(H,24,26)(H,22,23,25). The summed E-state index contributed by atoms with van der Waals surface area (Å²) in [4.78, 5) is 21.0. The summed E-state index contributed by atoms with van der Waals surface area (Å²) >= 11 is 0. The molecule has 0 spiro atoms. The van der Waals surface area contributed by atoms with E-state index in [4.69, 9.17) is 0 Å². The van der Waals surface area contributed by atoms with Crippen LogP contribution in [-0.2, 0) is 6.42 Å². The van der Waals surface area contributed by atoms with E-state index < -0.39 is 0 Å². The molecule has 0 aliphatic heterocycles. The first kappa shape index (κ1) is 17.5. The third-order valence-electron chi connectivity index (χ3n) is 3.83. The lowest BCUT2D eigenvalue weighted by Crippen LogP contribution is -2.15. The van der Waals surface area contributed by atoms with Crippen LogP contribution < -0.4 is 10.6 Å². The number of carbonyl (C=O) groups is 1. The normalized spacial score (nSPS) is 10.4. The Morgan fingerprint density at radius 3 is 2.54 bits per heavy atom. The van der Waals surface area contributed by atoms with Crippen molar-refractivity contribution in [1.29, 1.82) is 0 Å². The Kier molecular flexibility index (Phi) is 5.22. The third kappa shape index (κ3) is 4.22. The van der Waals surface area contributed by atoms with Crippen molar-refractivity contribution in [2.75, 3.05) is 10.6 Å². The summed E-state index contributed by atoms with van der Waals surface area (Å²) in [6.07, 6.45) is 0.880. The van der Waals surface area contributed by atoms with Gasteiger partial charge in [0.2, 0.25) is 0 Å². The van der Waals surface area contributed by atoms with Gasteiger partial charge >= 0.3 is 0 Å². The maximum absolute atomic E-state index is 13.0. The van der Waals surface area contributed by atoms with Crippen molar-refractivity contribution in [2.24, 2.45) is 0 Å². The van der Waals surface area contributed by atoms with Crippen LogP contribution in [0.15, 0.2) is 54.6 Å². The Morgan fingerprint density at radius 2 is 1.81 bits per heavy atom. The van der Waals surface area contributed by atoms with Crippen LogP contribution >= 0.6 is 0 Å². The van der Waals surface area contributed by atoms with Gasteiger partial charge in [0, 0.05) is 17.4 Å². The minimum absolute atomic E-state index is 0.235. The molecule has 26 heavy (non-hydrogen) atoms. The fourth-order valence-corrected chi connectivity index (χ4v) is 2.56. The number of hydrogen-bond acceptors (Lipinski definition) is 4. The first-order valence-corrected chi connectivity index (χ1v) is 8.32. The number of benzene rings is 2. The summed E-state index contributed by atoms with van der Waals surface area (Å²) < 4.78 is 13.0. The van der Waals surface area contributed by atoms with E-state index in [-0.39, 0.29) is 17.4 Å². The maximum atomic E-state index is 13.0. The second-order valence-electron chi connectivity index (χ2n) is 5.78. The van der Waals surface area contributed by atoms with Crippen LogP contribution in [0.2, 0.25) is 0 Å². The highest BCUT2D eigenvalue weighted by molar-refractivity contribution is 6.03. The van der Waals surface area contributed by atoms with Crippen molar-refractivity contribution in [1.82, 2.24) is 9.97 Å². The average Bonchev–Trinajstić information content (AvgIpc) is 2.63. The van der Waals surface area contributed by atoms with Crippen LogP contribution in [0.25, 0.3) is 0 Å². The summed E-state index contributed by atoms with van der Waals surface area (Å²) in [7, 11) is 0. The average molecular weight is 350 g/mol. The monoisotopic (exact) mass is 350 g/mol. The summed E-state index contributed by atoms with van der Waals surface area (Å²) in [6, 6.07) is 15.1. The summed E-state index contributed by atoms with van der Waals surface area (Å²) in [6.45, 7) is 3.80. The topological polar surface area (TPSA) is 66.9 Å². The Hall–Kier alpha value is -3.28. The number of rotatable bonds is 5. The van der Waals surface area contributed by atoms with Crippen molar-refractivity contribution in [2.45, 2.75) is 20.3 Å². The van der Waals surface area contributed by atoms with Crippen LogP contribution in [0.1, 0.15) is 28.8 Å². The van der Waals surface area contributed by atoms with Crippen molar-refractivity contribution in [3.63, 3.8) is 0 Å². The number of aromatic nitrogens is 2. The fourth-order valence-electron chi connectivity index (χ4n) is 2.56. The number of aryl methyl sites for hydroxylation is 2. The largest absolute Gasteiger partial charge is 0.340 e. The molecule has 2 aromatic carbocycles. The van der Waals surface area contributed by atoms with Gasteiger partial charge in [-0.3, -0.25) is 4.79 Å². The molecule has 3 aromatic rings. The quantitative estimate of drug-likeness (QED) is 0.712. The lowest BCUT2D eigenvalue weighted by molar-refractivity contribution is 0.102. The molecule has 1 heterocycles. The van der Waals surface area contributed by atoms with Crippen molar-refractivity contribution in [3.05, 3.63) is 77.5 Å².